The molecular formula is C19H18N4O2S. The molecule has 0 bridgehead atoms. The summed E-state index contributed by atoms with van der Waals surface area (Å²) in [6.45, 7) is 2.17. The predicted molar refractivity (Wildman–Crippen MR) is 99.9 cm³/mol. The lowest BCUT2D eigenvalue weighted by atomic mass is 10.0. The maximum atomic E-state index is 5.93. The molecule has 0 N–H and O–H groups in total. The first-order valence-electron chi connectivity index (χ1n) is 8.80. The standard InChI is InChI=1S/C19H18N4O2S/c1-2-9-20-14(6-1)18-21-22-19(26-18)23-10-4-7-15(23)13-5-3-8-16-17(13)25-12-11-24-16/h1-3,5-6,8-9,15H,4,7,10-12H2/t15-/m0/s1. The highest BCUT2D eigenvalue weighted by molar-refractivity contribution is 7.18. The van der Waals surface area contributed by atoms with Crippen LogP contribution in [0.5, 0.6) is 11.5 Å². The summed E-state index contributed by atoms with van der Waals surface area (Å²) in [5.41, 5.74) is 2.04. The molecular weight excluding hydrogens is 348 g/mol. The summed E-state index contributed by atoms with van der Waals surface area (Å²) in [4.78, 5) is 6.71. The van der Waals surface area contributed by atoms with Crippen molar-refractivity contribution in [1.82, 2.24) is 15.2 Å². The van der Waals surface area contributed by atoms with Gasteiger partial charge < -0.3 is 14.4 Å². The Morgan fingerprint density at radius 1 is 1.04 bits per heavy atom. The first kappa shape index (κ1) is 15.6. The summed E-state index contributed by atoms with van der Waals surface area (Å²) in [5, 5.41) is 10.6. The van der Waals surface area contributed by atoms with Gasteiger partial charge in [0.2, 0.25) is 5.13 Å². The van der Waals surface area contributed by atoms with Crippen LogP contribution in [0.2, 0.25) is 0 Å². The molecule has 1 aromatic carbocycles. The van der Waals surface area contributed by atoms with Crippen molar-refractivity contribution in [3.8, 4) is 22.2 Å². The number of para-hydroxylation sites is 1. The lowest BCUT2D eigenvalue weighted by Crippen LogP contribution is -2.24. The molecule has 1 atom stereocenters. The third-order valence-corrected chi connectivity index (χ3v) is 5.74. The number of aromatic nitrogens is 3. The number of ether oxygens (including phenoxy) is 2. The number of pyridine rings is 1. The topological polar surface area (TPSA) is 60.4 Å². The number of hydrogen-bond donors (Lipinski definition) is 0. The highest BCUT2D eigenvalue weighted by Gasteiger charge is 2.32. The lowest BCUT2D eigenvalue weighted by Gasteiger charge is -2.28. The highest BCUT2D eigenvalue weighted by atomic mass is 32.1. The average Bonchev–Trinajstić information content (AvgIpc) is 3.37. The molecule has 0 aliphatic carbocycles. The second-order valence-corrected chi connectivity index (χ2v) is 7.28. The second kappa shape index (κ2) is 6.57. The van der Waals surface area contributed by atoms with Crippen LogP contribution in [0.15, 0.2) is 42.6 Å². The van der Waals surface area contributed by atoms with Gasteiger partial charge in [-0.25, -0.2) is 0 Å². The monoisotopic (exact) mass is 366 g/mol. The molecule has 0 saturated carbocycles. The zero-order valence-corrected chi connectivity index (χ0v) is 15.0. The molecule has 0 unspecified atom stereocenters. The Kier molecular flexibility index (Phi) is 3.93. The minimum absolute atomic E-state index is 0.233. The number of benzene rings is 1. The van der Waals surface area contributed by atoms with Crippen molar-refractivity contribution in [3.63, 3.8) is 0 Å². The van der Waals surface area contributed by atoms with E-state index in [-0.39, 0.29) is 6.04 Å². The van der Waals surface area contributed by atoms with Gasteiger partial charge in [0.05, 0.1) is 6.04 Å². The van der Waals surface area contributed by atoms with Crippen LogP contribution in [0.3, 0.4) is 0 Å². The summed E-state index contributed by atoms with van der Waals surface area (Å²) in [7, 11) is 0. The van der Waals surface area contributed by atoms with E-state index in [1.54, 1.807) is 17.5 Å². The third kappa shape index (κ3) is 2.68. The van der Waals surface area contributed by atoms with E-state index in [2.05, 4.69) is 26.1 Å². The average molecular weight is 366 g/mol. The highest BCUT2D eigenvalue weighted by Crippen LogP contribution is 2.45. The van der Waals surface area contributed by atoms with Crippen LogP contribution in [0, 0.1) is 0 Å². The summed E-state index contributed by atoms with van der Waals surface area (Å²) < 4.78 is 11.7. The van der Waals surface area contributed by atoms with Crippen molar-refractivity contribution in [3.05, 3.63) is 48.2 Å². The fraction of sp³-hybridized carbons (Fsp3) is 0.316. The Balaban J connectivity index is 1.48. The molecule has 6 nitrogen and oxygen atoms in total. The van der Waals surface area contributed by atoms with E-state index in [0.29, 0.717) is 13.2 Å². The predicted octanol–water partition coefficient (Wildman–Crippen LogP) is 3.71. The molecule has 0 amide bonds. The molecule has 2 aliphatic heterocycles. The van der Waals surface area contributed by atoms with Crippen LogP contribution in [0.1, 0.15) is 24.4 Å². The van der Waals surface area contributed by atoms with Crippen LogP contribution >= 0.6 is 11.3 Å². The van der Waals surface area contributed by atoms with Crippen molar-refractivity contribution in [1.29, 1.82) is 0 Å². The summed E-state index contributed by atoms with van der Waals surface area (Å²) in [5.74, 6) is 1.72. The van der Waals surface area contributed by atoms with E-state index in [4.69, 9.17) is 9.47 Å². The van der Waals surface area contributed by atoms with Crippen molar-refractivity contribution in [2.45, 2.75) is 18.9 Å². The molecule has 4 heterocycles. The van der Waals surface area contributed by atoms with Gasteiger partial charge in [0.15, 0.2) is 16.5 Å². The molecule has 0 radical (unpaired) electrons. The first-order valence-corrected chi connectivity index (χ1v) is 9.62. The van der Waals surface area contributed by atoms with Crippen LogP contribution in [0.25, 0.3) is 10.7 Å². The van der Waals surface area contributed by atoms with Gasteiger partial charge >= 0.3 is 0 Å². The van der Waals surface area contributed by atoms with Gasteiger partial charge in [-0.2, -0.15) is 0 Å². The van der Waals surface area contributed by atoms with Crippen LogP contribution in [-0.4, -0.2) is 34.9 Å². The van der Waals surface area contributed by atoms with Gasteiger partial charge in [-0.1, -0.05) is 29.5 Å². The Hall–Kier alpha value is -2.67. The maximum absolute atomic E-state index is 5.93. The molecule has 132 valence electrons. The molecule has 2 aromatic heterocycles. The summed E-state index contributed by atoms with van der Waals surface area (Å²) >= 11 is 1.59. The van der Waals surface area contributed by atoms with E-state index < -0.39 is 0 Å². The quantitative estimate of drug-likeness (QED) is 0.704. The summed E-state index contributed by atoms with van der Waals surface area (Å²) in [6.07, 6.45) is 3.97. The van der Waals surface area contributed by atoms with Gasteiger partial charge in [-0.05, 0) is 31.0 Å². The number of rotatable bonds is 3. The van der Waals surface area contributed by atoms with Crippen LogP contribution in [-0.2, 0) is 0 Å². The van der Waals surface area contributed by atoms with E-state index in [1.807, 2.05) is 30.3 Å². The van der Waals surface area contributed by atoms with E-state index in [9.17, 15) is 0 Å². The van der Waals surface area contributed by atoms with Gasteiger partial charge in [0.1, 0.15) is 18.9 Å². The fourth-order valence-corrected chi connectivity index (χ4v) is 4.50. The third-order valence-electron chi connectivity index (χ3n) is 4.75. The Bertz CT molecular complexity index is 915. The molecule has 3 aromatic rings. The van der Waals surface area contributed by atoms with Gasteiger partial charge in [-0.15, -0.1) is 10.2 Å². The normalized spacial score (nSPS) is 18.9. The zero-order valence-electron chi connectivity index (χ0n) is 14.2. The molecule has 1 fully saturated rings. The van der Waals surface area contributed by atoms with E-state index >= 15 is 0 Å². The number of fused-ring (bicyclic) bond motifs is 1. The van der Waals surface area contributed by atoms with Gasteiger partial charge in [0.25, 0.3) is 0 Å². The SMILES string of the molecule is c1ccc(-c2nnc(N3CCC[C@H]3c3cccc4c3OCCO4)s2)nc1. The number of anilines is 1. The van der Waals surface area contributed by atoms with Crippen molar-refractivity contribution < 1.29 is 9.47 Å². The molecule has 26 heavy (non-hydrogen) atoms. The molecule has 2 aliphatic rings. The first-order chi connectivity index (χ1) is 12.9. The maximum Gasteiger partial charge on any atom is 0.209 e. The minimum atomic E-state index is 0.233. The van der Waals surface area contributed by atoms with Crippen LogP contribution < -0.4 is 14.4 Å². The lowest BCUT2D eigenvalue weighted by molar-refractivity contribution is 0.169. The second-order valence-electron chi connectivity index (χ2n) is 6.33. The fourth-order valence-electron chi connectivity index (χ4n) is 3.60. The summed E-state index contributed by atoms with van der Waals surface area (Å²) in [6, 6.07) is 12.2. The van der Waals surface area contributed by atoms with Gasteiger partial charge in [-0.3, -0.25) is 4.98 Å². The van der Waals surface area contributed by atoms with E-state index in [1.165, 1.54) is 5.56 Å². The number of hydrogen-bond acceptors (Lipinski definition) is 7. The van der Waals surface area contributed by atoms with Crippen molar-refractivity contribution >= 4 is 16.5 Å². The molecule has 7 heteroatoms. The van der Waals surface area contributed by atoms with E-state index in [0.717, 1.165) is 46.7 Å². The molecule has 5 rings (SSSR count). The minimum Gasteiger partial charge on any atom is -0.486 e. The molecule has 0 spiro atoms. The Morgan fingerprint density at radius 2 is 2.00 bits per heavy atom. The van der Waals surface area contributed by atoms with Crippen molar-refractivity contribution in [2.75, 3.05) is 24.7 Å². The Labute approximate surface area is 155 Å². The van der Waals surface area contributed by atoms with Crippen molar-refractivity contribution in [2.24, 2.45) is 0 Å². The Morgan fingerprint density at radius 3 is 2.92 bits per heavy atom. The van der Waals surface area contributed by atoms with Crippen LogP contribution in [0.4, 0.5) is 5.13 Å². The number of nitrogens with zero attached hydrogens (tertiary/aromatic N) is 4. The smallest absolute Gasteiger partial charge is 0.209 e. The largest absolute Gasteiger partial charge is 0.486 e. The molecule has 1 saturated heterocycles. The zero-order chi connectivity index (χ0) is 17.3. The van der Waals surface area contributed by atoms with Gasteiger partial charge in [0, 0.05) is 18.3 Å².